The van der Waals surface area contributed by atoms with Crippen LogP contribution in [0.15, 0.2) is 35.2 Å². The van der Waals surface area contributed by atoms with Gasteiger partial charge in [-0.3, -0.25) is 9.59 Å². The van der Waals surface area contributed by atoms with Crippen LogP contribution in [-0.4, -0.2) is 101 Å². The van der Waals surface area contributed by atoms with Gasteiger partial charge < -0.3 is 48.5 Å². The van der Waals surface area contributed by atoms with E-state index in [1.165, 1.54) is 25.7 Å². The van der Waals surface area contributed by atoms with Gasteiger partial charge in [0.2, 0.25) is 0 Å². The van der Waals surface area contributed by atoms with Crippen molar-refractivity contribution in [2.75, 3.05) is 20.3 Å². The Hall–Kier alpha value is -2.65. The molecule has 2 aliphatic carbocycles. The van der Waals surface area contributed by atoms with Crippen LogP contribution >= 0.6 is 0 Å². The van der Waals surface area contributed by atoms with Crippen molar-refractivity contribution in [3.05, 3.63) is 36.3 Å². The number of hydrogen-bond acceptors (Lipinski definition) is 13. The number of carbonyl (C=O) groups is 3. The molecule has 254 valence electrons. The number of aliphatic hydroxyl groups is 4. The highest BCUT2D eigenvalue weighted by molar-refractivity contribution is 5.96. The molecule has 13 nitrogen and oxygen atoms in total. The van der Waals surface area contributed by atoms with Gasteiger partial charge in [-0.1, -0.05) is 33.8 Å². The Morgan fingerprint density at radius 1 is 1.04 bits per heavy atom. The molecule has 13 unspecified atom stereocenters. The van der Waals surface area contributed by atoms with Crippen LogP contribution in [0.4, 0.5) is 0 Å². The van der Waals surface area contributed by atoms with Crippen LogP contribution in [-0.2, 0) is 38.1 Å². The Balaban J connectivity index is 1.41. The molecule has 4 heterocycles. The van der Waals surface area contributed by atoms with E-state index in [1.54, 1.807) is 32.9 Å². The summed E-state index contributed by atoms with van der Waals surface area (Å²) < 4.78 is 34.8. The van der Waals surface area contributed by atoms with Gasteiger partial charge in [-0.05, 0) is 43.2 Å². The summed E-state index contributed by atoms with van der Waals surface area (Å²) in [7, 11) is 1.30. The number of cyclic esters (lactones) is 1. The maximum Gasteiger partial charge on any atom is 0.339 e. The first kappa shape index (κ1) is 33.3. The Morgan fingerprint density at radius 2 is 1.76 bits per heavy atom. The summed E-state index contributed by atoms with van der Waals surface area (Å²) >= 11 is 0. The van der Waals surface area contributed by atoms with Crippen molar-refractivity contribution in [3.8, 4) is 0 Å². The van der Waals surface area contributed by atoms with Crippen LogP contribution in [0.3, 0.4) is 0 Å². The maximum absolute atomic E-state index is 14.2. The van der Waals surface area contributed by atoms with Gasteiger partial charge in [0.15, 0.2) is 18.2 Å². The summed E-state index contributed by atoms with van der Waals surface area (Å²) in [6.45, 7) is 8.44. The van der Waals surface area contributed by atoms with Crippen molar-refractivity contribution in [1.29, 1.82) is 0 Å². The SMILES string of the molecule is COC(=O)C1(C)C(C2(C)C=CC(=O)C(C)(C)C2COC2OC(CO)C(O)C(O)C2O)CCC2(C)C(c3ccoc3)OC(=O)C3OC321. The van der Waals surface area contributed by atoms with E-state index in [4.69, 9.17) is 28.1 Å². The molecule has 0 bridgehead atoms. The summed E-state index contributed by atoms with van der Waals surface area (Å²) in [5.41, 5.74) is -4.92. The topological polar surface area (TPSA) is 195 Å². The zero-order valence-corrected chi connectivity index (χ0v) is 26.9. The monoisotopic (exact) mass is 648 g/mol. The van der Waals surface area contributed by atoms with Crippen molar-refractivity contribution in [1.82, 2.24) is 0 Å². The molecule has 3 saturated heterocycles. The second-order valence-corrected chi connectivity index (χ2v) is 14.7. The third-order valence-corrected chi connectivity index (χ3v) is 12.2. The number of rotatable bonds is 7. The van der Waals surface area contributed by atoms with Crippen LogP contribution < -0.4 is 0 Å². The number of allylic oxidation sites excluding steroid dienone is 2. The number of hydrogen-bond donors (Lipinski definition) is 4. The molecule has 4 fully saturated rings. The first-order valence-electron chi connectivity index (χ1n) is 15.7. The van der Waals surface area contributed by atoms with E-state index in [0.717, 1.165) is 0 Å². The maximum atomic E-state index is 14.2. The highest BCUT2D eigenvalue weighted by atomic mass is 16.7. The second kappa shape index (κ2) is 10.9. The van der Waals surface area contributed by atoms with E-state index < -0.39 is 101 Å². The number of ketones is 1. The smallest absolute Gasteiger partial charge is 0.339 e. The number of ether oxygens (including phenoxy) is 5. The van der Waals surface area contributed by atoms with Crippen molar-refractivity contribution in [2.45, 2.75) is 96.0 Å². The molecule has 3 aliphatic heterocycles. The molecule has 0 radical (unpaired) electrons. The Bertz CT molecular complexity index is 1400. The van der Waals surface area contributed by atoms with Gasteiger partial charge in [0.05, 0.1) is 32.8 Å². The molecule has 13 heteroatoms. The number of esters is 2. The van der Waals surface area contributed by atoms with Crippen LogP contribution in [0.25, 0.3) is 0 Å². The van der Waals surface area contributed by atoms with Crippen molar-refractivity contribution < 1.29 is 62.9 Å². The molecule has 0 amide bonds. The minimum atomic E-state index is -1.64. The van der Waals surface area contributed by atoms with Gasteiger partial charge in [0, 0.05) is 22.3 Å². The zero-order valence-electron chi connectivity index (χ0n) is 26.9. The fraction of sp³-hybridized carbons (Fsp3) is 0.727. The van der Waals surface area contributed by atoms with Gasteiger partial charge in [0.25, 0.3) is 0 Å². The first-order chi connectivity index (χ1) is 21.6. The molecular weight excluding hydrogens is 604 g/mol. The quantitative estimate of drug-likeness (QED) is 0.244. The lowest BCUT2D eigenvalue weighted by Crippen LogP contribution is -2.69. The molecule has 1 spiro atoms. The van der Waals surface area contributed by atoms with Gasteiger partial charge >= 0.3 is 11.9 Å². The summed E-state index contributed by atoms with van der Waals surface area (Å²) in [6.07, 6.45) is -1.92. The van der Waals surface area contributed by atoms with Gasteiger partial charge in [0.1, 0.15) is 41.5 Å². The molecule has 46 heavy (non-hydrogen) atoms. The van der Waals surface area contributed by atoms with E-state index in [-0.39, 0.29) is 12.4 Å². The van der Waals surface area contributed by atoms with E-state index in [1.807, 2.05) is 13.8 Å². The Morgan fingerprint density at radius 3 is 2.39 bits per heavy atom. The summed E-state index contributed by atoms with van der Waals surface area (Å²) in [6, 6.07) is 1.73. The average molecular weight is 649 g/mol. The molecule has 1 saturated carbocycles. The van der Waals surface area contributed by atoms with Crippen LogP contribution in [0, 0.1) is 33.5 Å². The Kier molecular flexibility index (Phi) is 7.91. The summed E-state index contributed by atoms with van der Waals surface area (Å²) in [5, 5.41) is 40.9. The van der Waals surface area contributed by atoms with E-state index >= 15 is 0 Å². The zero-order chi connectivity index (χ0) is 33.6. The molecule has 1 aromatic rings. The fourth-order valence-corrected chi connectivity index (χ4v) is 9.58. The molecule has 13 atom stereocenters. The van der Waals surface area contributed by atoms with E-state index in [9.17, 15) is 34.8 Å². The molecule has 6 rings (SSSR count). The molecule has 4 N–H and O–H groups in total. The van der Waals surface area contributed by atoms with Crippen LogP contribution in [0.2, 0.25) is 0 Å². The van der Waals surface area contributed by atoms with E-state index in [0.29, 0.717) is 18.4 Å². The number of aliphatic hydroxyl groups excluding tert-OH is 4. The van der Waals surface area contributed by atoms with Crippen molar-refractivity contribution >= 4 is 17.7 Å². The second-order valence-electron chi connectivity index (χ2n) is 14.7. The van der Waals surface area contributed by atoms with Crippen LogP contribution in [0.5, 0.6) is 0 Å². The average Bonchev–Trinajstić information content (AvgIpc) is 3.59. The largest absolute Gasteiger partial charge is 0.472 e. The minimum absolute atomic E-state index is 0.162. The Labute approximate surface area is 266 Å². The minimum Gasteiger partial charge on any atom is -0.472 e. The first-order valence-corrected chi connectivity index (χ1v) is 15.7. The summed E-state index contributed by atoms with van der Waals surface area (Å²) in [5.74, 6) is -2.50. The molecule has 5 aliphatic rings. The lowest BCUT2D eigenvalue weighted by Gasteiger charge is -2.62. The predicted octanol–water partition coefficient (Wildman–Crippen LogP) is 1.21. The highest BCUT2D eigenvalue weighted by Crippen LogP contribution is 2.77. The van der Waals surface area contributed by atoms with Gasteiger partial charge in [-0.25, -0.2) is 4.79 Å². The van der Waals surface area contributed by atoms with Gasteiger partial charge in [-0.15, -0.1) is 0 Å². The highest BCUT2D eigenvalue weighted by Gasteiger charge is 2.88. The molecule has 1 aromatic heterocycles. The van der Waals surface area contributed by atoms with Crippen molar-refractivity contribution in [2.24, 2.45) is 33.5 Å². The third kappa shape index (κ3) is 4.22. The fourth-order valence-electron chi connectivity index (χ4n) is 9.58. The van der Waals surface area contributed by atoms with Crippen LogP contribution in [0.1, 0.15) is 59.1 Å². The third-order valence-electron chi connectivity index (χ3n) is 12.2. The van der Waals surface area contributed by atoms with Crippen molar-refractivity contribution in [3.63, 3.8) is 0 Å². The number of carbonyl (C=O) groups excluding carboxylic acids is 3. The number of furan rings is 1. The van der Waals surface area contributed by atoms with Gasteiger partial charge in [-0.2, -0.15) is 0 Å². The standard InChI is InChI=1S/C33H44O13/c1-29(2)19(15-43-27-23(38)22(37)21(36)17(13-34)44-27)30(3,10-8-20(29)35)18-7-11-31(4)24(16-9-12-42-14-16)45-26(39)25-33(31,46-25)32(18,5)28(40)41-6/h8-10,12,14,17-19,21-25,27,34,36-38H,7,11,13,15H2,1-6H3. The molecule has 0 aromatic carbocycles. The number of methoxy groups -OCH3 is 1. The predicted molar refractivity (Wildman–Crippen MR) is 155 cm³/mol. The lowest BCUT2D eigenvalue weighted by atomic mass is 9.40. The lowest BCUT2D eigenvalue weighted by molar-refractivity contribution is -0.307. The number of epoxide rings is 1. The normalized spacial score (nSPS) is 47.8. The molecular formula is C33H44O13. The van der Waals surface area contributed by atoms with E-state index in [2.05, 4.69) is 0 Å². The summed E-state index contributed by atoms with van der Waals surface area (Å²) in [4.78, 5) is 41.0.